The van der Waals surface area contributed by atoms with Crippen LogP contribution in [0.2, 0.25) is 0 Å². The van der Waals surface area contributed by atoms with Gasteiger partial charge in [-0.15, -0.1) is 0 Å². The van der Waals surface area contributed by atoms with Crippen molar-refractivity contribution < 1.29 is 4.79 Å². The Hall–Kier alpha value is -1.95. The monoisotopic (exact) mass is 341 g/mol. The highest BCUT2D eigenvalue weighted by atomic mass is 16.2. The van der Waals surface area contributed by atoms with E-state index in [0.717, 1.165) is 49.1 Å². The lowest BCUT2D eigenvalue weighted by Gasteiger charge is -2.26. The lowest BCUT2D eigenvalue weighted by atomic mass is 9.88. The molecule has 2 aromatic rings. The number of hydrogen-bond donors (Lipinski definition) is 1. The molecule has 1 aliphatic carbocycles. The Bertz CT molecular complexity index is 749. The Morgan fingerprint density at radius 3 is 2.88 bits per heavy atom. The quantitative estimate of drug-likeness (QED) is 0.925. The lowest BCUT2D eigenvalue weighted by Crippen LogP contribution is -2.35. The van der Waals surface area contributed by atoms with Crippen LogP contribution in [0.25, 0.3) is 11.0 Å². The standard InChI is InChI=1S/C19H27N5O/c20-9-12-24-18-16(7-4-10-21-18)17(22-24)15-8-11-23(13-15)19(25)14-5-2-1-3-6-14/h4,7,10,14-15H,1-3,5-6,8-9,11-13,20H2/t15-/m1/s1. The van der Waals surface area contributed by atoms with E-state index in [1.54, 1.807) is 6.20 Å². The molecule has 1 saturated carbocycles. The van der Waals surface area contributed by atoms with E-state index >= 15 is 0 Å². The second-order valence-electron chi connectivity index (χ2n) is 7.38. The first-order valence-corrected chi connectivity index (χ1v) is 9.58. The van der Waals surface area contributed by atoms with Gasteiger partial charge in [0.05, 0.1) is 12.2 Å². The third-order valence-electron chi connectivity index (χ3n) is 5.72. The van der Waals surface area contributed by atoms with Gasteiger partial charge in [0.25, 0.3) is 0 Å². The van der Waals surface area contributed by atoms with Crippen LogP contribution in [0, 0.1) is 5.92 Å². The molecule has 3 heterocycles. The Kier molecular flexibility index (Phi) is 4.70. The number of amides is 1. The predicted molar refractivity (Wildman–Crippen MR) is 97.1 cm³/mol. The van der Waals surface area contributed by atoms with E-state index in [-0.39, 0.29) is 5.92 Å². The molecule has 0 radical (unpaired) electrons. The molecule has 2 N–H and O–H groups in total. The van der Waals surface area contributed by atoms with Gasteiger partial charge in [0, 0.05) is 43.1 Å². The lowest BCUT2D eigenvalue weighted by molar-refractivity contribution is -0.135. The van der Waals surface area contributed by atoms with Gasteiger partial charge >= 0.3 is 0 Å². The molecule has 0 bridgehead atoms. The molecule has 0 spiro atoms. The summed E-state index contributed by atoms with van der Waals surface area (Å²) in [6.45, 7) is 2.86. The molecule has 0 unspecified atom stereocenters. The number of nitrogens with zero attached hydrogens (tertiary/aromatic N) is 4. The smallest absolute Gasteiger partial charge is 0.225 e. The third kappa shape index (κ3) is 3.15. The van der Waals surface area contributed by atoms with Crippen molar-refractivity contribution in [1.82, 2.24) is 19.7 Å². The highest BCUT2D eigenvalue weighted by Crippen LogP contribution is 2.33. The van der Waals surface area contributed by atoms with Gasteiger partial charge in [-0.05, 0) is 31.4 Å². The number of carbonyl (C=O) groups excluding carboxylic acids is 1. The van der Waals surface area contributed by atoms with Crippen LogP contribution >= 0.6 is 0 Å². The first-order chi connectivity index (χ1) is 12.3. The maximum Gasteiger partial charge on any atom is 0.225 e. The summed E-state index contributed by atoms with van der Waals surface area (Å²) in [5.41, 5.74) is 7.70. The summed E-state index contributed by atoms with van der Waals surface area (Å²) in [5, 5.41) is 5.91. The average molecular weight is 341 g/mol. The summed E-state index contributed by atoms with van der Waals surface area (Å²) < 4.78 is 1.91. The molecule has 6 heteroatoms. The number of pyridine rings is 1. The average Bonchev–Trinajstić information content (AvgIpc) is 3.28. The first-order valence-electron chi connectivity index (χ1n) is 9.58. The Morgan fingerprint density at radius 2 is 2.08 bits per heavy atom. The summed E-state index contributed by atoms with van der Waals surface area (Å²) >= 11 is 0. The zero-order chi connectivity index (χ0) is 17.2. The van der Waals surface area contributed by atoms with Gasteiger partial charge in [0.2, 0.25) is 5.91 Å². The number of rotatable bonds is 4. The summed E-state index contributed by atoms with van der Waals surface area (Å²) in [6.07, 6.45) is 8.61. The molecule has 1 saturated heterocycles. The van der Waals surface area contributed by atoms with Crippen LogP contribution in [0.15, 0.2) is 18.3 Å². The molecular weight excluding hydrogens is 314 g/mol. The molecule has 4 rings (SSSR count). The topological polar surface area (TPSA) is 77.0 Å². The number of likely N-dealkylation sites (tertiary alicyclic amines) is 1. The first kappa shape index (κ1) is 16.5. The maximum absolute atomic E-state index is 12.8. The molecule has 134 valence electrons. The van der Waals surface area contributed by atoms with Gasteiger partial charge in [-0.25, -0.2) is 9.67 Å². The number of carbonyl (C=O) groups is 1. The van der Waals surface area contributed by atoms with Gasteiger partial charge in [-0.3, -0.25) is 4.79 Å². The van der Waals surface area contributed by atoms with Crippen LogP contribution in [0.5, 0.6) is 0 Å². The zero-order valence-electron chi connectivity index (χ0n) is 14.7. The minimum Gasteiger partial charge on any atom is -0.342 e. The third-order valence-corrected chi connectivity index (χ3v) is 5.72. The van der Waals surface area contributed by atoms with E-state index in [9.17, 15) is 4.79 Å². The van der Waals surface area contributed by atoms with Crippen LogP contribution in [0.3, 0.4) is 0 Å². The molecule has 2 aromatic heterocycles. The van der Waals surface area contributed by atoms with Crippen molar-refractivity contribution in [2.45, 2.75) is 51.0 Å². The van der Waals surface area contributed by atoms with Gasteiger partial charge in [0.15, 0.2) is 5.65 Å². The minimum absolute atomic E-state index is 0.251. The van der Waals surface area contributed by atoms with E-state index in [4.69, 9.17) is 10.8 Å². The summed E-state index contributed by atoms with van der Waals surface area (Å²) in [5.74, 6) is 0.921. The van der Waals surface area contributed by atoms with Crippen molar-refractivity contribution in [3.8, 4) is 0 Å². The highest BCUT2D eigenvalue weighted by molar-refractivity contribution is 5.81. The number of hydrogen-bond acceptors (Lipinski definition) is 4. The summed E-state index contributed by atoms with van der Waals surface area (Å²) in [4.78, 5) is 19.4. The number of fused-ring (bicyclic) bond motifs is 1. The molecule has 1 amide bonds. The Balaban J connectivity index is 1.53. The van der Waals surface area contributed by atoms with Crippen molar-refractivity contribution in [3.05, 3.63) is 24.0 Å². The minimum atomic E-state index is 0.251. The van der Waals surface area contributed by atoms with Gasteiger partial charge in [-0.2, -0.15) is 5.10 Å². The van der Waals surface area contributed by atoms with Crippen molar-refractivity contribution in [3.63, 3.8) is 0 Å². The molecule has 1 atom stereocenters. The van der Waals surface area contributed by atoms with E-state index < -0.39 is 0 Å². The molecule has 1 aliphatic heterocycles. The van der Waals surface area contributed by atoms with Crippen molar-refractivity contribution in [1.29, 1.82) is 0 Å². The fourth-order valence-corrected chi connectivity index (χ4v) is 4.40. The van der Waals surface area contributed by atoms with Crippen LogP contribution in [-0.4, -0.2) is 45.2 Å². The van der Waals surface area contributed by atoms with Crippen molar-refractivity contribution >= 4 is 16.9 Å². The number of aromatic nitrogens is 3. The number of nitrogens with two attached hydrogens (primary N) is 1. The second-order valence-corrected chi connectivity index (χ2v) is 7.38. The van der Waals surface area contributed by atoms with Crippen LogP contribution in [0.4, 0.5) is 0 Å². The predicted octanol–water partition coefficient (Wildman–Crippen LogP) is 2.29. The second kappa shape index (κ2) is 7.12. The molecule has 2 fully saturated rings. The van der Waals surface area contributed by atoms with Gasteiger partial charge < -0.3 is 10.6 Å². The highest BCUT2D eigenvalue weighted by Gasteiger charge is 2.34. The van der Waals surface area contributed by atoms with Crippen LogP contribution in [-0.2, 0) is 11.3 Å². The Morgan fingerprint density at radius 1 is 1.24 bits per heavy atom. The summed E-state index contributed by atoms with van der Waals surface area (Å²) in [7, 11) is 0. The van der Waals surface area contributed by atoms with E-state index in [1.165, 1.54) is 19.3 Å². The van der Waals surface area contributed by atoms with Gasteiger partial charge in [0.1, 0.15) is 0 Å². The Labute approximate surface area is 148 Å². The molecule has 2 aliphatic rings. The molecule has 25 heavy (non-hydrogen) atoms. The van der Waals surface area contributed by atoms with Crippen LogP contribution in [0.1, 0.15) is 50.1 Å². The van der Waals surface area contributed by atoms with Crippen molar-refractivity contribution in [2.24, 2.45) is 11.7 Å². The van der Waals surface area contributed by atoms with E-state index in [2.05, 4.69) is 16.0 Å². The maximum atomic E-state index is 12.8. The van der Waals surface area contributed by atoms with Crippen LogP contribution < -0.4 is 5.73 Å². The largest absolute Gasteiger partial charge is 0.342 e. The van der Waals surface area contributed by atoms with E-state index in [0.29, 0.717) is 24.9 Å². The summed E-state index contributed by atoms with van der Waals surface area (Å²) in [6, 6.07) is 4.05. The normalized spacial score (nSPS) is 22.0. The fraction of sp³-hybridized carbons (Fsp3) is 0.632. The van der Waals surface area contributed by atoms with Crippen molar-refractivity contribution in [2.75, 3.05) is 19.6 Å². The van der Waals surface area contributed by atoms with Gasteiger partial charge in [-0.1, -0.05) is 19.3 Å². The fourth-order valence-electron chi connectivity index (χ4n) is 4.40. The SMILES string of the molecule is NCCn1nc([C@@H]2CCN(C(=O)C3CCCCC3)C2)c2cccnc21. The molecule has 0 aromatic carbocycles. The van der Waals surface area contributed by atoms with E-state index in [1.807, 2.05) is 10.7 Å². The molecule has 6 nitrogen and oxygen atoms in total. The molecular formula is C19H27N5O. The zero-order valence-corrected chi connectivity index (χ0v) is 14.7.